The zero-order valence-corrected chi connectivity index (χ0v) is 16.5. The molecule has 1 N–H and O–H groups in total. The minimum atomic E-state index is -0.561. The highest BCUT2D eigenvalue weighted by molar-refractivity contribution is 7.17. The number of ether oxygens (including phenoxy) is 2. The van der Waals surface area contributed by atoms with E-state index < -0.39 is 11.9 Å². The van der Waals surface area contributed by atoms with E-state index in [4.69, 9.17) is 9.47 Å². The summed E-state index contributed by atoms with van der Waals surface area (Å²) in [5.74, 6) is -0.399. The van der Waals surface area contributed by atoms with Gasteiger partial charge in [0.2, 0.25) is 0 Å². The molecule has 0 bridgehead atoms. The van der Waals surface area contributed by atoms with Gasteiger partial charge in [0.05, 0.1) is 19.8 Å². The zero-order chi connectivity index (χ0) is 20.1. The van der Waals surface area contributed by atoms with Crippen LogP contribution in [0, 0.1) is 11.3 Å². The molecule has 2 aromatic rings. The maximum absolute atomic E-state index is 12.7. The number of nitrogens with one attached hydrogen (secondary N) is 1. The Bertz CT molecular complexity index is 985. The molecular formula is C21H20N2O4S. The summed E-state index contributed by atoms with van der Waals surface area (Å²) in [7, 11) is 2.87. The first-order chi connectivity index (χ1) is 13.6. The van der Waals surface area contributed by atoms with Gasteiger partial charge in [-0.25, -0.2) is 4.79 Å². The van der Waals surface area contributed by atoms with Gasteiger partial charge in [-0.15, -0.1) is 11.3 Å². The third-order valence-corrected chi connectivity index (χ3v) is 5.76. The highest BCUT2D eigenvalue weighted by atomic mass is 32.1. The first-order valence-corrected chi connectivity index (χ1v) is 9.69. The van der Waals surface area contributed by atoms with Crippen molar-refractivity contribution in [3.8, 4) is 11.8 Å². The number of carbonyl (C=O) groups is 2. The van der Waals surface area contributed by atoms with Gasteiger partial charge >= 0.3 is 5.97 Å². The molecule has 0 radical (unpaired) electrons. The molecule has 3 rings (SSSR count). The number of thiophene rings is 1. The van der Waals surface area contributed by atoms with Crippen LogP contribution < -0.4 is 10.1 Å². The predicted molar refractivity (Wildman–Crippen MR) is 108 cm³/mol. The minimum Gasteiger partial charge on any atom is -0.497 e. The maximum atomic E-state index is 12.7. The van der Waals surface area contributed by atoms with E-state index in [0.29, 0.717) is 21.9 Å². The van der Waals surface area contributed by atoms with Crippen LogP contribution in [0.15, 0.2) is 29.8 Å². The zero-order valence-electron chi connectivity index (χ0n) is 15.7. The molecule has 0 saturated carbocycles. The molecule has 0 aliphatic heterocycles. The number of methoxy groups -OCH3 is 2. The first kappa shape index (κ1) is 19.6. The van der Waals surface area contributed by atoms with E-state index in [1.807, 2.05) is 6.07 Å². The summed E-state index contributed by atoms with van der Waals surface area (Å²) in [6.07, 6.45) is 5.21. The molecule has 0 saturated heterocycles. The summed E-state index contributed by atoms with van der Waals surface area (Å²) in [5, 5.41) is 12.6. The number of nitrogens with zero attached hydrogens (tertiary/aromatic N) is 1. The number of carbonyl (C=O) groups excluding carboxylic acids is 2. The van der Waals surface area contributed by atoms with E-state index in [9.17, 15) is 14.9 Å². The van der Waals surface area contributed by atoms with Gasteiger partial charge in [0, 0.05) is 4.88 Å². The lowest BCUT2D eigenvalue weighted by atomic mass is 9.95. The van der Waals surface area contributed by atoms with E-state index in [1.54, 1.807) is 31.4 Å². The Hall–Kier alpha value is -3.11. The first-order valence-electron chi connectivity index (χ1n) is 8.87. The Morgan fingerprint density at radius 1 is 1.25 bits per heavy atom. The van der Waals surface area contributed by atoms with Crippen LogP contribution >= 0.6 is 11.3 Å². The SMILES string of the molecule is COC(=O)c1c(NC(=O)/C(C#N)=C/c2cccc(OC)c2)sc2c1CCCC2. The van der Waals surface area contributed by atoms with Crippen LogP contribution in [-0.2, 0) is 22.4 Å². The van der Waals surface area contributed by atoms with Crippen LogP contribution in [0.1, 0.15) is 39.2 Å². The van der Waals surface area contributed by atoms with Crippen molar-refractivity contribution in [2.45, 2.75) is 25.7 Å². The Labute approximate surface area is 167 Å². The number of nitriles is 1. The van der Waals surface area contributed by atoms with Crippen molar-refractivity contribution < 1.29 is 19.1 Å². The fourth-order valence-electron chi connectivity index (χ4n) is 3.19. The lowest BCUT2D eigenvalue weighted by molar-refractivity contribution is -0.112. The summed E-state index contributed by atoms with van der Waals surface area (Å²) in [5.41, 5.74) is 1.98. The summed E-state index contributed by atoms with van der Waals surface area (Å²) < 4.78 is 10.1. The highest BCUT2D eigenvalue weighted by Crippen LogP contribution is 2.38. The van der Waals surface area contributed by atoms with Crippen molar-refractivity contribution in [3.05, 3.63) is 51.4 Å². The van der Waals surface area contributed by atoms with Gasteiger partial charge in [-0.3, -0.25) is 4.79 Å². The molecular weight excluding hydrogens is 376 g/mol. The maximum Gasteiger partial charge on any atom is 0.341 e. The van der Waals surface area contributed by atoms with Crippen molar-refractivity contribution in [3.63, 3.8) is 0 Å². The van der Waals surface area contributed by atoms with Gasteiger partial charge < -0.3 is 14.8 Å². The molecule has 1 heterocycles. The van der Waals surface area contributed by atoms with Crippen LogP contribution in [0.25, 0.3) is 6.08 Å². The molecule has 1 aliphatic carbocycles. The Morgan fingerprint density at radius 3 is 2.75 bits per heavy atom. The molecule has 0 unspecified atom stereocenters. The number of esters is 1. The number of anilines is 1. The number of hydrogen-bond donors (Lipinski definition) is 1. The van der Waals surface area contributed by atoms with Crippen molar-refractivity contribution in [1.29, 1.82) is 5.26 Å². The van der Waals surface area contributed by atoms with E-state index >= 15 is 0 Å². The predicted octanol–water partition coefficient (Wildman–Crippen LogP) is 3.97. The summed E-state index contributed by atoms with van der Waals surface area (Å²) in [6.45, 7) is 0. The Balaban J connectivity index is 1.91. The van der Waals surface area contributed by atoms with Gasteiger partial charge in [0.25, 0.3) is 5.91 Å². The third-order valence-electron chi connectivity index (χ3n) is 4.56. The second-order valence-electron chi connectivity index (χ2n) is 6.31. The van der Waals surface area contributed by atoms with Gasteiger partial charge in [0.1, 0.15) is 22.4 Å². The van der Waals surface area contributed by atoms with Gasteiger partial charge in [-0.05, 0) is 55.0 Å². The van der Waals surface area contributed by atoms with Gasteiger partial charge in [-0.2, -0.15) is 5.26 Å². The summed E-state index contributed by atoms with van der Waals surface area (Å²) in [4.78, 5) is 26.1. The molecule has 1 aliphatic rings. The van der Waals surface area contributed by atoms with Crippen molar-refractivity contribution in [1.82, 2.24) is 0 Å². The number of benzene rings is 1. The quantitative estimate of drug-likeness (QED) is 0.469. The number of fused-ring (bicyclic) bond motifs is 1. The van der Waals surface area contributed by atoms with Gasteiger partial charge in [-0.1, -0.05) is 12.1 Å². The van der Waals surface area contributed by atoms with Crippen molar-refractivity contribution in [2.24, 2.45) is 0 Å². The molecule has 6 nitrogen and oxygen atoms in total. The lowest BCUT2D eigenvalue weighted by Crippen LogP contribution is -2.16. The van der Waals surface area contributed by atoms with Crippen molar-refractivity contribution >= 4 is 34.3 Å². The number of rotatable bonds is 5. The molecule has 1 amide bonds. The van der Waals surface area contributed by atoms with E-state index in [1.165, 1.54) is 24.5 Å². The number of amides is 1. The largest absolute Gasteiger partial charge is 0.497 e. The van der Waals surface area contributed by atoms with Crippen LogP contribution in [-0.4, -0.2) is 26.1 Å². The summed E-state index contributed by atoms with van der Waals surface area (Å²) >= 11 is 1.38. The fourth-order valence-corrected chi connectivity index (χ4v) is 4.46. The summed E-state index contributed by atoms with van der Waals surface area (Å²) in [6, 6.07) is 8.99. The molecule has 1 aromatic heterocycles. The second-order valence-corrected chi connectivity index (χ2v) is 7.41. The fraction of sp³-hybridized carbons (Fsp3) is 0.286. The van der Waals surface area contributed by atoms with Crippen LogP contribution in [0.3, 0.4) is 0 Å². The monoisotopic (exact) mass is 396 g/mol. The molecule has 28 heavy (non-hydrogen) atoms. The number of aryl methyl sites for hydroxylation is 1. The van der Waals surface area contributed by atoms with E-state index in [-0.39, 0.29) is 5.57 Å². The highest BCUT2D eigenvalue weighted by Gasteiger charge is 2.27. The molecule has 144 valence electrons. The van der Waals surface area contributed by atoms with Crippen molar-refractivity contribution in [2.75, 3.05) is 19.5 Å². The molecule has 7 heteroatoms. The second kappa shape index (κ2) is 8.72. The molecule has 1 aromatic carbocycles. The van der Waals surface area contributed by atoms with Crippen LogP contribution in [0.4, 0.5) is 5.00 Å². The number of hydrogen-bond acceptors (Lipinski definition) is 6. The third kappa shape index (κ3) is 4.07. The normalized spacial score (nSPS) is 13.2. The van der Waals surface area contributed by atoms with Crippen LogP contribution in [0.5, 0.6) is 5.75 Å². The average molecular weight is 396 g/mol. The van der Waals surface area contributed by atoms with E-state index in [2.05, 4.69) is 5.32 Å². The Morgan fingerprint density at radius 2 is 2.04 bits per heavy atom. The molecule has 0 spiro atoms. The topological polar surface area (TPSA) is 88.4 Å². The molecule has 0 fully saturated rings. The Kier molecular flexibility index (Phi) is 6.12. The average Bonchev–Trinajstić information content (AvgIpc) is 3.09. The minimum absolute atomic E-state index is 0.0598. The smallest absolute Gasteiger partial charge is 0.341 e. The van der Waals surface area contributed by atoms with E-state index in [0.717, 1.165) is 36.1 Å². The van der Waals surface area contributed by atoms with Gasteiger partial charge in [0.15, 0.2) is 0 Å². The lowest BCUT2D eigenvalue weighted by Gasteiger charge is -2.11. The van der Waals surface area contributed by atoms with Crippen LogP contribution in [0.2, 0.25) is 0 Å². The standard InChI is InChI=1S/C21H20N2O4S/c1-26-15-7-5-6-13(11-15)10-14(12-22)19(24)23-20-18(21(25)27-2)16-8-3-4-9-17(16)28-20/h5-7,10-11H,3-4,8-9H2,1-2H3,(H,23,24)/b14-10+. The molecule has 0 atom stereocenters.